The number of carbonyl (C=O) groups is 2. The average molecular weight is 298 g/mol. The van der Waals surface area contributed by atoms with Crippen LogP contribution in [0.25, 0.3) is 0 Å². The number of carboxylic acid groups (broad SMARTS) is 1. The predicted molar refractivity (Wildman–Crippen MR) is 75.3 cm³/mol. The van der Waals surface area contributed by atoms with Crippen LogP contribution in [0.2, 0.25) is 0 Å². The second-order valence-corrected chi connectivity index (χ2v) is 5.93. The van der Waals surface area contributed by atoms with Gasteiger partial charge in [-0.3, -0.25) is 14.2 Å². The third-order valence-electron chi connectivity index (χ3n) is 3.59. The summed E-state index contributed by atoms with van der Waals surface area (Å²) in [7, 11) is 0. The van der Waals surface area contributed by atoms with E-state index in [1.54, 1.807) is 11.8 Å². The van der Waals surface area contributed by atoms with Gasteiger partial charge in [0, 0.05) is 18.8 Å². The van der Waals surface area contributed by atoms with E-state index in [1.165, 1.54) is 4.57 Å². The molecule has 1 aliphatic heterocycles. The van der Waals surface area contributed by atoms with Crippen molar-refractivity contribution in [2.45, 2.75) is 39.2 Å². The van der Waals surface area contributed by atoms with E-state index in [0.717, 1.165) is 38.8 Å². The third-order valence-corrected chi connectivity index (χ3v) is 4.66. The van der Waals surface area contributed by atoms with Crippen molar-refractivity contribution in [1.82, 2.24) is 9.47 Å². The first-order chi connectivity index (χ1) is 9.50. The van der Waals surface area contributed by atoms with Crippen molar-refractivity contribution in [3.8, 4) is 0 Å². The Kier molecular flexibility index (Phi) is 4.59. The number of amides is 1. The highest BCUT2D eigenvalue weighted by molar-refractivity contribution is 7.11. The highest BCUT2D eigenvalue weighted by Gasteiger charge is 2.21. The Morgan fingerprint density at radius 3 is 2.30 bits per heavy atom. The maximum Gasteiger partial charge on any atom is 0.347 e. The number of hydrogen-bond acceptors (Lipinski definition) is 4. The molecular weight excluding hydrogens is 280 g/mol. The minimum absolute atomic E-state index is 0.0127. The van der Waals surface area contributed by atoms with Gasteiger partial charge in [-0.2, -0.15) is 0 Å². The van der Waals surface area contributed by atoms with Gasteiger partial charge in [-0.15, -0.1) is 0 Å². The lowest BCUT2D eigenvalue weighted by molar-refractivity contribution is -0.131. The zero-order valence-electron chi connectivity index (χ0n) is 11.4. The van der Waals surface area contributed by atoms with E-state index < -0.39 is 5.97 Å². The van der Waals surface area contributed by atoms with Gasteiger partial charge < -0.3 is 10.0 Å². The zero-order chi connectivity index (χ0) is 14.7. The van der Waals surface area contributed by atoms with Crippen molar-refractivity contribution in [2.75, 3.05) is 13.1 Å². The topological polar surface area (TPSA) is 79.6 Å². The molecule has 0 bridgehead atoms. The van der Waals surface area contributed by atoms with Gasteiger partial charge in [0.05, 0.1) is 0 Å². The minimum atomic E-state index is -1.12. The van der Waals surface area contributed by atoms with Crippen LogP contribution in [0.4, 0.5) is 0 Å². The maximum atomic E-state index is 12.2. The van der Waals surface area contributed by atoms with Crippen LogP contribution in [0.3, 0.4) is 0 Å². The summed E-state index contributed by atoms with van der Waals surface area (Å²) in [5, 5.41) is 8.99. The van der Waals surface area contributed by atoms with Crippen molar-refractivity contribution < 1.29 is 14.7 Å². The van der Waals surface area contributed by atoms with E-state index in [9.17, 15) is 14.4 Å². The molecule has 0 unspecified atom stereocenters. The summed E-state index contributed by atoms with van der Waals surface area (Å²) in [6, 6.07) is 0. The summed E-state index contributed by atoms with van der Waals surface area (Å²) >= 11 is 0.679. The Labute approximate surface area is 120 Å². The third kappa shape index (κ3) is 3.09. The lowest BCUT2D eigenvalue weighted by Gasteiger charge is -2.20. The average Bonchev–Trinajstić information content (AvgIpc) is 2.64. The lowest BCUT2D eigenvalue weighted by atomic mass is 10.2. The fraction of sp³-hybridized carbons (Fsp3) is 0.615. The van der Waals surface area contributed by atoms with Crippen molar-refractivity contribution in [3.63, 3.8) is 0 Å². The standard InChI is InChI=1S/C13H18N2O4S/c1-9-11(12(17)18)20-13(19)15(9)8-10(16)14-6-4-2-3-5-7-14/h2-8H2,1H3,(H,17,18). The minimum Gasteiger partial charge on any atom is -0.477 e. The van der Waals surface area contributed by atoms with E-state index in [-0.39, 0.29) is 22.2 Å². The van der Waals surface area contributed by atoms with Crippen LogP contribution in [-0.2, 0) is 11.3 Å². The summed E-state index contributed by atoms with van der Waals surface area (Å²) in [4.78, 5) is 36.4. The number of thiazole rings is 1. The summed E-state index contributed by atoms with van der Waals surface area (Å²) in [5.74, 6) is -1.22. The van der Waals surface area contributed by atoms with E-state index in [1.807, 2.05) is 0 Å². The molecule has 1 amide bonds. The first-order valence-electron chi connectivity index (χ1n) is 6.72. The number of aromatic nitrogens is 1. The van der Waals surface area contributed by atoms with E-state index >= 15 is 0 Å². The fourth-order valence-electron chi connectivity index (χ4n) is 2.41. The first-order valence-corrected chi connectivity index (χ1v) is 7.53. The SMILES string of the molecule is Cc1c(C(=O)O)sc(=O)n1CC(=O)N1CCCCCC1. The molecule has 1 N–H and O–H groups in total. The van der Waals surface area contributed by atoms with Gasteiger partial charge in [-0.1, -0.05) is 24.2 Å². The van der Waals surface area contributed by atoms with Crippen molar-refractivity contribution in [2.24, 2.45) is 0 Å². The van der Waals surface area contributed by atoms with Crippen LogP contribution in [0, 0.1) is 6.92 Å². The quantitative estimate of drug-likeness (QED) is 0.912. The number of carboxylic acids is 1. The van der Waals surface area contributed by atoms with Gasteiger partial charge in [0.2, 0.25) is 5.91 Å². The molecule has 6 nitrogen and oxygen atoms in total. The molecule has 0 saturated carbocycles. The largest absolute Gasteiger partial charge is 0.477 e. The molecule has 0 aliphatic carbocycles. The van der Waals surface area contributed by atoms with Gasteiger partial charge in [-0.25, -0.2) is 4.79 Å². The second-order valence-electron chi connectivity index (χ2n) is 4.97. The number of nitrogens with zero attached hydrogens (tertiary/aromatic N) is 2. The van der Waals surface area contributed by atoms with Crippen LogP contribution in [0.5, 0.6) is 0 Å². The lowest BCUT2D eigenvalue weighted by Crippen LogP contribution is -2.36. The maximum absolute atomic E-state index is 12.2. The van der Waals surface area contributed by atoms with E-state index in [0.29, 0.717) is 17.0 Å². The molecule has 0 aromatic carbocycles. The molecule has 0 spiro atoms. The molecule has 2 heterocycles. The number of aromatic carboxylic acids is 1. The molecule has 1 saturated heterocycles. The molecule has 2 rings (SSSR count). The molecule has 0 radical (unpaired) electrons. The van der Waals surface area contributed by atoms with Crippen LogP contribution < -0.4 is 4.87 Å². The van der Waals surface area contributed by atoms with E-state index in [4.69, 9.17) is 5.11 Å². The molecule has 1 fully saturated rings. The van der Waals surface area contributed by atoms with E-state index in [2.05, 4.69) is 0 Å². The van der Waals surface area contributed by atoms with Crippen molar-refractivity contribution in [1.29, 1.82) is 0 Å². The second kappa shape index (κ2) is 6.21. The molecular formula is C13H18N2O4S. The predicted octanol–water partition coefficient (Wildman–Crippen LogP) is 1.32. The first kappa shape index (κ1) is 14.8. The highest BCUT2D eigenvalue weighted by Crippen LogP contribution is 2.13. The van der Waals surface area contributed by atoms with Gasteiger partial charge in [0.25, 0.3) is 0 Å². The van der Waals surface area contributed by atoms with Crippen LogP contribution in [0.15, 0.2) is 4.79 Å². The summed E-state index contributed by atoms with van der Waals surface area (Å²) in [5.41, 5.74) is 0.357. The normalized spacial score (nSPS) is 15.9. The molecule has 0 atom stereocenters. The highest BCUT2D eigenvalue weighted by atomic mass is 32.1. The molecule has 20 heavy (non-hydrogen) atoms. The monoisotopic (exact) mass is 298 g/mol. The number of rotatable bonds is 3. The molecule has 1 aromatic heterocycles. The molecule has 110 valence electrons. The smallest absolute Gasteiger partial charge is 0.347 e. The van der Waals surface area contributed by atoms with Gasteiger partial charge >= 0.3 is 10.8 Å². The Hall–Kier alpha value is -1.63. The number of carbonyl (C=O) groups excluding carboxylic acids is 1. The van der Waals surface area contributed by atoms with Gasteiger partial charge in [0.15, 0.2) is 0 Å². The van der Waals surface area contributed by atoms with Gasteiger partial charge in [0.1, 0.15) is 11.4 Å². The van der Waals surface area contributed by atoms with Gasteiger partial charge in [-0.05, 0) is 19.8 Å². The fourth-order valence-corrected chi connectivity index (χ4v) is 3.24. The summed E-state index contributed by atoms with van der Waals surface area (Å²) < 4.78 is 1.27. The van der Waals surface area contributed by atoms with Crippen molar-refractivity contribution in [3.05, 3.63) is 20.2 Å². The number of hydrogen-bond donors (Lipinski definition) is 1. The van der Waals surface area contributed by atoms with Crippen LogP contribution in [-0.4, -0.2) is 39.5 Å². The van der Waals surface area contributed by atoms with Crippen LogP contribution >= 0.6 is 11.3 Å². The molecule has 1 aliphatic rings. The summed E-state index contributed by atoms with van der Waals surface area (Å²) in [6.45, 7) is 2.95. The molecule has 7 heteroatoms. The van der Waals surface area contributed by atoms with Crippen LogP contribution in [0.1, 0.15) is 41.0 Å². The Morgan fingerprint density at radius 1 is 1.20 bits per heavy atom. The Balaban J connectivity index is 2.15. The number of likely N-dealkylation sites (tertiary alicyclic amines) is 1. The Bertz CT molecular complexity index is 567. The van der Waals surface area contributed by atoms with Crippen molar-refractivity contribution >= 4 is 23.2 Å². The Morgan fingerprint density at radius 2 is 1.80 bits per heavy atom. The zero-order valence-corrected chi connectivity index (χ0v) is 12.2. The summed E-state index contributed by atoms with van der Waals surface area (Å²) in [6.07, 6.45) is 4.24. The molecule has 1 aromatic rings.